The SMILES string of the molecule is COc1ccccc1C(=O)N[C@H](c1ccc(F)cc1)c1cccs1. The van der Waals surface area contributed by atoms with E-state index in [-0.39, 0.29) is 17.8 Å². The third kappa shape index (κ3) is 3.46. The number of ether oxygens (including phenoxy) is 1. The van der Waals surface area contributed by atoms with Gasteiger partial charge in [-0.15, -0.1) is 11.3 Å². The molecular formula is C19H16FNO2S. The second kappa shape index (κ2) is 7.27. The maximum Gasteiger partial charge on any atom is 0.255 e. The van der Waals surface area contributed by atoms with E-state index >= 15 is 0 Å². The molecule has 1 atom stereocenters. The van der Waals surface area contributed by atoms with Gasteiger partial charge in [0, 0.05) is 4.88 Å². The molecule has 0 fully saturated rings. The molecule has 0 saturated heterocycles. The van der Waals surface area contributed by atoms with Gasteiger partial charge in [-0.3, -0.25) is 4.79 Å². The maximum absolute atomic E-state index is 13.2. The van der Waals surface area contributed by atoms with Gasteiger partial charge in [0.1, 0.15) is 11.6 Å². The van der Waals surface area contributed by atoms with Crippen molar-refractivity contribution in [2.45, 2.75) is 6.04 Å². The van der Waals surface area contributed by atoms with Gasteiger partial charge in [0.2, 0.25) is 0 Å². The van der Waals surface area contributed by atoms with Crippen LogP contribution in [0.3, 0.4) is 0 Å². The first-order valence-electron chi connectivity index (χ1n) is 7.42. The summed E-state index contributed by atoms with van der Waals surface area (Å²) in [6, 6.07) is 16.7. The fourth-order valence-electron chi connectivity index (χ4n) is 2.47. The Bertz CT molecular complexity index is 816. The highest BCUT2D eigenvalue weighted by atomic mass is 32.1. The number of rotatable bonds is 5. The molecule has 0 saturated carbocycles. The number of para-hydroxylation sites is 1. The van der Waals surface area contributed by atoms with Crippen LogP contribution in [0.25, 0.3) is 0 Å². The van der Waals surface area contributed by atoms with Crippen molar-refractivity contribution in [3.8, 4) is 5.75 Å². The minimum atomic E-state index is -0.344. The van der Waals surface area contributed by atoms with Crippen LogP contribution in [0.5, 0.6) is 5.75 Å². The van der Waals surface area contributed by atoms with Crippen molar-refractivity contribution < 1.29 is 13.9 Å². The third-order valence-corrected chi connectivity index (χ3v) is 4.60. The zero-order chi connectivity index (χ0) is 16.9. The monoisotopic (exact) mass is 341 g/mol. The molecule has 1 aromatic heterocycles. The van der Waals surface area contributed by atoms with Crippen LogP contribution in [0.1, 0.15) is 26.8 Å². The van der Waals surface area contributed by atoms with Crippen LogP contribution in [0.15, 0.2) is 66.0 Å². The highest BCUT2D eigenvalue weighted by Gasteiger charge is 2.20. The Balaban J connectivity index is 1.92. The summed E-state index contributed by atoms with van der Waals surface area (Å²) in [6.45, 7) is 0. The Morgan fingerprint density at radius 1 is 1.08 bits per heavy atom. The number of carbonyl (C=O) groups is 1. The summed E-state index contributed by atoms with van der Waals surface area (Å²) >= 11 is 1.54. The zero-order valence-electron chi connectivity index (χ0n) is 13.0. The lowest BCUT2D eigenvalue weighted by molar-refractivity contribution is 0.0940. The molecule has 3 aromatic rings. The van der Waals surface area contributed by atoms with E-state index in [4.69, 9.17) is 4.74 Å². The number of hydrogen-bond acceptors (Lipinski definition) is 3. The lowest BCUT2D eigenvalue weighted by atomic mass is 10.0. The van der Waals surface area contributed by atoms with Crippen molar-refractivity contribution in [3.05, 3.63) is 87.9 Å². The molecule has 3 rings (SSSR count). The molecule has 24 heavy (non-hydrogen) atoms. The maximum atomic E-state index is 13.2. The molecule has 1 amide bonds. The zero-order valence-corrected chi connectivity index (χ0v) is 13.8. The number of benzene rings is 2. The molecule has 3 nitrogen and oxygen atoms in total. The summed E-state index contributed by atoms with van der Waals surface area (Å²) in [4.78, 5) is 13.7. The minimum Gasteiger partial charge on any atom is -0.496 e. The molecule has 0 spiro atoms. The van der Waals surface area contributed by atoms with Crippen LogP contribution >= 0.6 is 11.3 Å². The Labute approximate surface area is 143 Å². The van der Waals surface area contributed by atoms with Crippen LogP contribution in [0.4, 0.5) is 4.39 Å². The van der Waals surface area contributed by atoms with E-state index in [9.17, 15) is 9.18 Å². The predicted octanol–water partition coefficient (Wildman–Crippen LogP) is 4.42. The number of amides is 1. The standard InChI is InChI=1S/C19H16FNO2S/c1-23-16-6-3-2-5-15(16)19(22)21-18(17-7-4-12-24-17)13-8-10-14(20)11-9-13/h2-12,18H,1H3,(H,21,22)/t18-/m1/s1. The topological polar surface area (TPSA) is 38.3 Å². The highest BCUT2D eigenvalue weighted by molar-refractivity contribution is 7.10. The molecule has 1 heterocycles. The third-order valence-electron chi connectivity index (χ3n) is 3.66. The van der Waals surface area contributed by atoms with E-state index in [2.05, 4.69) is 5.32 Å². The molecular weight excluding hydrogens is 325 g/mol. The Morgan fingerprint density at radius 2 is 1.83 bits per heavy atom. The molecule has 122 valence electrons. The number of methoxy groups -OCH3 is 1. The lowest BCUT2D eigenvalue weighted by Crippen LogP contribution is -2.29. The fourth-order valence-corrected chi connectivity index (χ4v) is 3.27. The second-order valence-electron chi connectivity index (χ2n) is 5.17. The Hall–Kier alpha value is -2.66. The summed E-state index contributed by atoms with van der Waals surface area (Å²) in [7, 11) is 1.53. The number of carbonyl (C=O) groups excluding carboxylic acids is 1. The summed E-state index contributed by atoms with van der Waals surface area (Å²) in [5, 5.41) is 4.96. The van der Waals surface area contributed by atoms with Gasteiger partial charge in [-0.1, -0.05) is 30.3 Å². The van der Waals surface area contributed by atoms with Crippen molar-refractivity contribution in [2.24, 2.45) is 0 Å². The van der Waals surface area contributed by atoms with Crippen molar-refractivity contribution in [2.75, 3.05) is 7.11 Å². The molecule has 0 aliphatic heterocycles. The molecule has 2 aromatic carbocycles. The van der Waals surface area contributed by atoms with Gasteiger partial charge in [0.25, 0.3) is 5.91 Å². The van der Waals surface area contributed by atoms with Crippen molar-refractivity contribution >= 4 is 17.2 Å². The Morgan fingerprint density at radius 3 is 2.50 bits per heavy atom. The number of hydrogen-bond donors (Lipinski definition) is 1. The van der Waals surface area contributed by atoms with Crippen LogP contribution in [0.2, 0.25) is 0 Å². The highest BCUT2D eigenvalue weighted by Crippen LogP contribution is 2.27. The molecule has 0 unspecified atom stereocenters. The first-order chi connectivity index (χ1) is 11.7. The quantitative estimate of drug-likeness (QED) is 0.746. The van der Waals surface area contributed by atoms with Gasteiger partial charge in [0.15, 0.2) is 0 Å². The van der Waals surface area contributed by atoms with Gasteiger partial charge in [0.05, 0.1) is 18.7 Å². The molecule has 0 bridgehead atoms. The number of halogens is 1. The van der Waals surface area contributed by atoms with Crippen molar-refractivity contribution in [1.29, 1.82) is 0 Å². The molecule has 0 aliphatic carbocycles. The first-order valence-corrected chi connectivity index (χ1v) is 8.30. The minimum absolute atomic E-state index is 0.241. The smallest absolute Gasteiger partial charge is 0.255 e. The fraction of sp³-hybridized carbons (Fsp3) is 0.105. The average Bonchev–Trinajstić information content (AvgIpc) is 3.14. The van der Waals surface area contributed by atoms with Crippen LogP contribution in [-0.4, -0.2) is 13.0 Å². The van der Waals surface area contributed by atoms with Gasteiger partial charge >= 0.3 is 0 Å². The van der Waals surface area contributed by atoms with E-state index in [1.807, 2.05) is 23.6 Å². The summed E-state index contributed by atoms with van der Waals surface area (Å²) in [6.07, 6.45) is 0. The van der Waals surface area contributed by atoms with Gasteiger partial charge in [-0.2, -0.15) is 0 Å². The largest absolute Gasteiger partial charge is 0.496 e. The summed E-state index contributed by atoms with van der Waals surface area (Å²) in [5.74, 6) is -0.0334. The molecule has 5 heteroatoms. The predicted molar refractivity (Wildman–Crippen MR) is 93.0 cm³/mol. The normalized spacial score (nSPS) is 11.8. The second-order valence-corrected chi connectivity index (χ2v) is 6.15. The summed E-state index contributed by atoms with van der Waals surface area (Å²) in [5.41, 5.74) is 1.28. The average molecular weight is 341 g/mol. The van der Waals surface area contributed by atoms with Gasteiger partial charge in [-0.25, -0.2) is 4.39 Å². The van der Waals surface area contributed by atoms with E-state index in [1.54, 1.807) is 30.3 Å². The summed E-state index contributed by atoms with van der Waals surface area (Å²) < 4.78 is 18.5. The number of nitrogens with one attached hydrogen (secondary N) is 1. The first kappa shape index (κ1) is 16.2. The molecule has 0 radical (unpaired) electrons. The molecule has 0 aliphatic rings. The van der Waals surface area contributed by atoms with Crippen molar-refractivity contribution in [3.63, 3.8) is 0 Å². The van der Waals surface area contributed by atoms with Crippen LogP contribution in [0, 0.1) is 5.82 Å². The van der Waals surface area contributed by atoms with E-state index in [1.165, 1.54) is 30.6 Å². The van der Waals surface area contributed by atoms with E-state index in [0.29, 0.717) is 11.3 Å². The number of thiophene rings is 1. The van der Waals surface area contributed by atoms with E-state index in [0.717, 1.165) is 10.4 Å². The van der Waals surface area contributed by atoms with E-state index < -0.39 is 0 Å². The van der Waals surface area contributed by atoms with Crippen LogP contribution in [-0.2, 0) is 0 Å². The van der Waals surface area contributed by atoms with Gasteiger partial charge < -0.3 is 10.1 Å². The lowest BCUT2D eigenvalue weighted by Gasteiger charge is -2.19. The van der Waals surface area contributed by atoms with Crippen molar-refractivity contribution in [1.82, 2.24) is 5.32 Å². The Kier molecular flexibility index (Phi) is 4.91. The molecule has 1 N–H and O–H groups in total. The van der Waals surface area contributed by atoms with Crippen LogP contribution < -0.4 is 10.1 Å². The van der Waals surface area contributed by atoms with Gasteiger partial charge in [-0.05, 0) is 41.3 Å².